The van der Waals surface area contributed by atoms with Crippen molar-refractivity contribution in [3.63, 3.8) is 0 Å². The van der Waals surface area contributed by atoms with Crippen LogP contribution in [-0.4, -0.2) is 10.3 Å². The van der Waals surface area contributed by atoms with Crippen LogP contribution in [0.1, 0.15) is 12.0 Å². The first kappa shape index (κ1) is 10.4. The minimum Gasteiger partial charge on any atom is -0.383 e. The van der Waals surface area contributed by atoms with Gasteiger partial charge in [-0.1, -0.05) is 39.4 Å². The Morgan fingerprint density at radius 1 is 1.62 bits per heavy atom. The molecule has 1 rings (SSSR count). The summed E-state index contributed by atoms with van der Waals surface area (Å²) in [6.07, 6.45) is 2.29. The van der Waals surface area contributed by atoms with Gasteiger partial charge in [-0.25, -0.2) is 4.98 Å². The molecule has 68 valence electrons. The molecule has 0 aliphatic carbocycles. The molecule has 4 heteroatoms. The molecular formula is C9H8BrClN2. The van der Waals surface area contributed by atoms with E-state index in [-0.39, 0.29) is 0 Å². The average Bonchev–Trinajstić information content (AvgIpc) is 2.11. The Morgan fingerprint density at radius 3 is 3.08 bits per heavy atom. The fourth-order valence-electron chi connectivity index (χ4n) is 0.755. The van der Waals surface area contributed by atoms with Crippen molar-refractivity contribution in [3.05, 3.63) is 22.8 Å². The highest BCUT2D eigenvalue weighted by molar-refractivity contribution is 9.09. The Labute approximate surface area is 90.6 Å². The van der Waals surface area contributed by atoms with Crippen LogP contribution in [-0.2, 0) is 0 Å². The van der Waals surface area contributed by atoms with Crippen LogP contribution in [0.5, 0.6) is 0 Å². The van der Waals surface area contributed by atoms with Gasteiger partial charge < -0.3 is 5.73 Å². The van der Waals surface area contributed by atoms with E-state index >= 15 is 0 Å². The number of halogens is 2. The Morgan fingerprint density at radius 2 is 2.38 bits per heavy atom. The summed E-state index contributed by atoms with van der Waals surface area (Å²) in [6, 6.07) is 1.71. The predicted molar refractivity (Wildman–Crippen MR) is 58.9 cm³/mol. The molecule has 2 nitrogen and oxygen atoms in total. The summed E-state index contributed by atoms with van der Waals surface area (Å²) in [6.45, 7) is 0. The van der Waals surface area contributed by atoms with E-state index in [2.05, 4.69) is 32.8 Å². The van der Waals surface area contributed by atoms with Gasteiger partial charge in [0.2, 0.25) is 0 Å². The molecule has 0 aliphatic rings. The van der Waals surface area contributed by atoms with Crippen LogP contribution in [0.2, 0.25) is 5.02 Å². The smallest absolute Gasteiger partial charge is 0.139 e. The van der Waals surface area contributed by atoms with E-state index in [0.29, 0.717) is 16.4 Å². The number of nitrogens with zero attached hydrogens (tertiary/aromatic N) is 1. The summed E-state index contributed by atoms with van der Waals surface area (Å²) < 4.78 is 0. The SMILES string of the molecule is Nc1ncc(Cl)cc1C#CCCBr. The number of aromatic nitrogens is 1. The molecule has 13 heavy (non-hydrogen) atoms. The van der Waals surface area contributed by atoms with Crippen LogP contribution in [0, 0.1) is 11.8 Å². The van der Waals surface area contributed by atoms with Crippen molar-refractivity contribution in [2.24, 2.45) is 0 Å². The number of hydrogen-bond donors (Lipinski definition) is 1. The number of alkyl halides is 1. The van der Waals surface area contributed by atoms with Gasteiger partial charge in [0.1, 0.15) is 5.82 Å². The lowest BCUT2D eigenvalue weighted by Gasteiger charge is -1.96. The van der Waals surface area contributed by atoms with Crippen LogP contribution in [0.25, 0.3) is 0 Å². The van der Waals surface area contributed by atoms with Crippen LogP contribution in [0.4, 0.5) is 5.82 Å². The number of nitrogens with two attached hydrogens (primary N) is 1. The van der Waals surface area contributed by atoms with Gasteiger partial charge in [-0.05, 0) is 6.07 Å². The van der Waals surface area contributed by atoms with Gasteiger partial charge in [0.05, 0.1) is 10.6 Å². The van der Waals surface area contributed by atoms with Crippen molar-refractivity contribution in [1.29, 1.82) is 0 Å². The average molecular weight is 260 g/mol. The Balaban J connectivity index is 2.89. The lowest BCUT2D eigenvalue weighted by Crippen LogP contribution is -1.93. The van der Waals surface area contributed by atoms with E-state index < -0.39 is 0 Å². The Kier molecular flexibility index (Phi) is 4.07. The minimum atomic E-state index is 0.423. The minimum absolute atomic E-state index is 0.423. The third-order valence-corrected chi connectivity index (χ3v) is 1.93. The largest absolute Gasteiger partial charge is 0.383 e. The number of nitrogen functional groups attached to an aromatic ring is 1. The maximum Gasteiger partial charge on any atom is 0.139 e. The molecule has 2 N–H and O–H groups in total. The second kappa shape index (κ2) is 5.11. The number of pyridine rings is 1. The molecule has 0 amide bonds. The molecule has 1 aromatic rings. The highest BCUT2D eigenvalue weighted by Gasteiger charge is 1.96. The summed E-state index contributed by atoms with van der Waals surface area (Å²) in [5, 5.41) is 1.41. The lowest BCUT2D eigenvalue weighted by atomic mass is 10.2. The van der Waals surface area contributed by atoms with Crippen molar-refractivity contribution in [1.82, 2.24) is 4.98 Å². The third kappa shape index (κ3) is 3.25. The van der Waals surface area contributed by atoms with E-state index in [4.69, 9.17) is 17.3 Å². The van der Waals surface area contributed by atoms with Crippen molar-refractivity contribution in [3.8, 4) is 11.8 Å². The highest BCUT2D eigenvalue weighted by Crippen LogP contribution is 2.13. The zero-order valence-corrected chi connectivity index (χ0v) is 9.19. The van der Waals surface area contributed by atoms with Crippen molar-refractivity contribution in [2.45, 2.75) is 6.42 Å². The van der Waals surface area contributed by atoms with Gasteiger partial charge in [-0.3, -0.25) is 0 Å². The molecule has 0 saturated carbocycles. The molecule has 0 radical (unpaired) electrons. The summed E-state index contributed by atoms with van der Waals surface area (Å²) in [4.78, 5) is 3.89. The van der Waals surface area contributed by atoms with Gasteiger partial charge in [0, 0.05) is 17.9 Å². The summed E-state index contributed by atoms with van der Waals surface area (Å²) in [7, 11) is 0. The van der Waals surface area contributed by atoms with E-state index in [1.807, 2.05) is 0 Å². The number of anilines is 1. The lowest BCUT2D eigenvalue weighted by molar-refractivity contribution is 1.30. The third-order valence-electron chi connectivity index (χ3n) is 1.33. The van der Waals surface area contributed by atoms with E-state index in [1.165, 1.54) is 6.20 Å². The molecule has 0 spiro atoms. The normalized spacial score (nSPS) is 9.08. The molecule has 0 unspecified atom stereocenters. The Bertz CT molecular complexity index is 354. The van der Waals surface area contributed by atoms with Crippen molar-refractivity contribution < 1.29 is 0 Å². The van der Waals surface area contributed by atoms with Crippen molar-refractivity contribution >= 4 is 33.3 Å². The van der Waals surface area contributed by atoms with E-state index in [1.54, 1.807) is 6.07 Å². The summed E-state index contributed by atoms with van der Waals surface area (Å²) in [5.41, 5.74) is 6.28. The summed E-state index contributed by atoms with van der Waals surface area (Å²) >= 11 is 9.01. The second-order valence-corrected chi connectivity index (χ2v) is 3.56. The fraction of sp³-hybridized carbons (Fsp3) is 0.222. The maximum atomic E-state index is 5.73. The molecule has 1 aromatic heterocycles. The summed E-state index contributed by atoms with van der Waals surface area (Å²) in [5.74, 6) is 6.27. The number of hydrogen-bond acceptors (Lipinski definition) is 2. The van der Waals surface area contributed by atoms with Gasteiger partial charge in [-0.15, -0.1) is 0 Å². The van der Waals surface area contributed by atoms with Gasteiger partial charge >= 0.3 is 0 Å². The van der Waals surface area contributed by atoms with Crippen molar-refractivity contribution in [2.75, 3.05) is 11.1 Å². The zero-order valence-electron chi connectivity index (χ0n) is 6.85. The molecule has 0 atom stereocenters. The van der Waals surface area contributed by atoms with Gasteiger partial charge in [-0.2, -0.15) is 0 Å². The first-order chi connectivity index (χ1) is 6.24. The van der Waals surface area contributed by atoms with Crippen LogP contribution in [0.15, 0.2) is 12.3 Å². The predicted octanol–water partition coefficient (Wildman–Crippen LogP) is 2.45. The molecule has 0 bridgehead atoms. The first-order valence-electron chi connectivity index (χ1n) is 3.70. The molecule has 0 aliphatic heterocycles. The van der Waals surface area contributed by atoms with Crippen LogP contribution >= 0.6 is 27.5 Å². The molecule has 0 aromatic carbocycles. The Hall–Kier alpha value is -0.720. The zero-order chi connectivity index (χ0) is 9.68. The van der Waals surface area contributed by atoms with Gasteiger partial charge in [0.25, 0.3) is 0 Å². The standard InChI is InChI=1S/C9H8BrClN2/c10-4-2-1-3-7-5-8(11)6-13-9(7)12/h5-6H,2,4H2,(H2,12,13). The molecule has 0 saturated heterocycles. The first-order valence-corrected chi connectivity index (χ1v) is 5.20. The highest BCUT2D eigenvalue weighted by atomic mass is 79.9. The monoisotopic (exact) mass is 258 g/mol. The quantitative estimate of drug-likeness (QED) is 0.621. The second-order valence-electron chi connectivity index (χ2n) is 2.33. The topological polar surface area (TPSA) is 38.9 Å². The molecule has 1 heterocycles. The van der Waals surface area contributed by atoms with Crippen LogP contribution < -0.4 is 5.73 Å². The van der Waals surface area contributed by atoms with E-state index in [9.17, 15) is 0 Å². The van der Waals surface area contributed by atoms with Gasteiger partial charge in [0.15, 0.2) is 0 Å². The van der Waals surface area contributed by atoms with E-state index in [0.717, 1.165) is 11.8 Å². The number of rotatable bonds is 1. The fourth-order valence-corrected chi connectivity index (χ4v) is 1.11. The molecular weight excluding hydrogens is 251 g/mol. The maximum absolute atomic E-state index is 5.73. The van der Waals surface area contributed by atoms with Crippen LogP contribution in [0.3, 0.4) is 0 Å². The molecule has 0 fully saturated rings.